The lowest BCUT2D eigenvalue weighted by Crippen LogP contribution is -2.39. The number of nitrogens with zero attached hydrogens (tertiary/aromatic N) is 2. The molecule has 9 nitrogen and oxygen atoms in total. The van der Waals surface area contributed by atoms with Crippen LogP contribution in [-0.4, -0.2) is 64.9 Å². The van der Waals surface area contributed by atoms with Gasteiger partial charge in [-0.2, -0.15) is 8.78 Å². The summed E-state index contributed by atoms with van der Waals surface area (Å²) in [5.41, 5.74) is 0.525. The van der Waals surface area contributed by atoms with Crippen LogP contribution >= 0.6 is 11.8 Å². The summed E-state index contributed by atoms with van der Waals surface area (Å²) in [6, 6.07) is 5.61. The molecule has 5 amide bonds. The molecule has 1 aliphatic carbocycles. The summed E-state index contributed by atoms with van der Waals surface area (Å²) in [4.78, 5) is 64.3. The molecule has 1 N–H and O–H groups in total. The van der Waals surface area contributed by atoms with Crippen molar-refractivity contribution in [3.63, 3.8) is 0 Å². The van der Waals surface area contributed by atoms with E-state index in [-0.39, 0.29) is 60.4 Å². The standard InChI is InChI=1S/C24H23F2N3O6S/c25-23(26)35-15-7-5-14(6-8-15)13-18-22(33)29(24(34)36-18)12-10-27-19(30)9-11-28-20(31)16-3-1-2-4-17(16)21(28)32/h1-2,5-8,13,16-17,23H,3-4,9-12H2,(H,27,30)/b18-13-/t16-,17-/m0/s1. The van der Waals surface area contributed by atoms with Gasteiger partial charge in [0.05, 0.1) is 16.7 Å². The summed E-state index contributed by atoms with van der Waals surface area (Å²) in [7, 11) is 0. The van der Waals surface area contributed by atoms with Gasteiger partial charge in [-0.25, -0.2) is 0 Å². The number of ether oxygens (including phenoxy) is 1. The molecule has 0 radical (unpaired) electrons. The molecule has 2 heterocycles. The zero-order chi connectivity index (χ0) is 25.8. The zero-order valence-electron chi connectivity index (χ0n) is 19.0. The largest absolute Gasteiger partial charge is 0.435 e. The Kier molecular flexibility index (Phi) is 7.82. The first-order chi connectivity index (χ1) is 17.2. The monoisotopic (exact) mass is 519 g/mol. The highest BCUT2D eigenvalue weighted by atomic mass is 32.2. The fourth-order valence-electron chi connectivity index (χ4n) is 4.29. The van der Waals surface area contributed by atoms with Crippen LogP contribution < -0.4 is 10.1 Å². The Labute approximate surface area is 209 Å². The van der Waals surface area contributed by atoms with E-state index in [1.807, 2.05) is 12.2 Å². The average Bonchev–Trinajstić information content (AvgIpc) is 3.25. The first-order valence-corrected chi connectivity index (χ1v) is 12.1. The average molecular weight is 520 g/mol. The van der Waals surface area contributed by atoms with Gasteiger partial charge >= 0.3 is 6.61 Å². The molecular formula is C24H23F2N3O6S. The maximum absolute atomic E-state index is 12.6. The van der Waals surface area contributed by atoms with Gasteiger partial charge in [0, 0.05) is 26.1 Å². The van der Waals surface area contributed by atoms with Gasteiger partial charge in [0.15, 0.2) is 0 Å². The van der Waals surface area contributed by atoms with Crippen LogP contribution in [0.4, 0.5) is 13.6 Å². The van der Waals surface area contributed by atoms with Gasteiger partial charge in [0.25, 0.3) is 11.1 Å². The molecule has 2 fully saturated rings. The molecule has 0 aromatic heterocycles. The number of hydrogen-bond acceptors (Lipinski definition) is 7. The second-order valence-corrected chi connectivity index (χ2v) is 9.36. The Bertz CT molecular complexity index is 1110. The molecular weight excluding hydrogens is 496 g/mol. The smallest absolute Gasteiger partial charge is 0.387 e. The number of likely N-dealkylation sites (tertiary alicyclic amines) is 1. The lowest BCUT2D eigenvalue weighted by molar-refractivity contribution is -0.140. The molecule has 0 unspecified atom stereocenters. The number of thioether (sulfide) groups is 1. The highest BCUT2D eigenvalue weighted by Crippen LogP contribution is 2.35. The highest BCUT2D eigenvalue weighted by molar-refractivity contribution is 8.18. The number of allylic oxidation sites excluding steroid dienone is 2. The number of rotatable bonds is 9. The van der Waals surface area contributed by atoms with E-state index in [1.54, 1.807) is 0 Å². The third-order valence-corrected chi connectivity index (χ3v) is 7.00. The van der Waals surface area contributed by atoms with Crippen LogP contribution in [0.2, 0.25) is 0 Å². The summed E-state index contributed by atoms with van der Waals surface area (Å²) in [6.07, 6.45) is 6.24. The Morgan fingerprint density at radius 1 is 1.03 bits per heavy atom. The van der Waals surface area contributed by atoms with Gasteiger partial charge in [0.1, 0.15) is 5.75 Å². The fourth-order valence-corrected chi connectivity index (χ4v) is 5.15. The maximum atomic E-state index is 12.6. The van der Waals surface area contributed by atoms with E-state index in [2.05, 4.69) is 10.1 Å². The fraction of sp³-hybridized carbons (Fsp3) is 0.375. The van der Waals surface area contributed by atoms with Gasteiger partial charge in [0.2, 0.25) is 17.7 Å². The maximum Gasteiger partial charge on any atom is 0.387 e. The molecule has 2 saturated heterocycles. The number of nitrogens with one attached hydrogen (secondary N) is 1. The van der Waals surface area contributed by atoms with E-state index >= 15 is 0 Å². The molecule has 190 valence electrons. The summed E-state index contributed by atoms with van der Waals surface area (Å²) < 4.78 is 28.8. The Balaban J connectivity index is 1.23. The van der Waals surface area contributed by atoms with E-state index in [9.17, 15) is 32.8 Å². The molecule has 4 rings (SSSR count). The van der Waals surface area contributed by atoms with Crippen LogP contribution in [0.1, 0.15) is 24.8 Å². The molecule has 3 aliphatic rings. The van der Waals surface area contributed by atoms with Crippen molar-refractivity contribution < 1.29 is 37.5 Å². The quantitative estimate of drug-likeness (QED) is 0.303. The van der Waals surface area contributed by atoms with Crippen molar-refractivity contribution in [1.82, 2.24) is 15.1 Å². The number of amides is 5. The van der Waals surface area contributed by atoms with Crippen LogP contribution in [0.15, 0.2) is 41.3 Å². The minimum Gasteiger partial charge on any atom is -0.435 e. The van der Waals surface area contributed by atoms with Crippen molar-refractivity contribution in [2.45, 2.75) is 25.9 Å². The molecule has 0 spiro atoms. The van der Waals surface area contributed by atoms with E-state index in [0.29, 0.717) is 18.4 Å². The number of hydrogen-bond donors (Lipinski definition) is 1. The lowest BCUT2D eigenvalue weighted by Gasteiger charge is -2.15. The molecule has 2 atom stereocenters. The summed E-state index contributed by atoms with van der Waals surface area (Å²) in [5.74, 6) is -2.15. The van der Waals surface area contributed by atoms with Gasteiger partial charge in [-0.15, -0.1) is 0 Å². The molecule has 36 heavy (non-hydrogen) atoms. The Morgan fingerprint density at radius 3 is 2.28 bits per heavy atom. The molecule has 1 aromatic rings. The van der Waals surface area contributed by atoms with Crippen LogP contribution in [-0.2, 0) is 19.2 Å². The Hall–Kier alpha value is -3.54. The van der Waals surface area contributed by atoms with Gasteiger partial charge in [-0.1, -0.05) is 24.3 Å². The predicted molar refractivity (Wildman–Crippen MR) is 125 cm³/mol. The number of fused-ring (bicyclic) bond motifs is 1. The van der Waals surface area contributed by atoms with Crippen molar-refractivity contribution in [3.8, 4) is 5.75 Å². The van der Waals surface area contributed by atoms with Crippen LogP contribution in [0.5, 0.6) is 5.75 Å². The van der Waals surface area contributed by atoms with E-state index in [0.717, 1.165) is 21.6 Å². The minimum absolute atomic E-state index is 0.0119. The number of carbonyl (C=O) groups is 5. The lowest BCUT2D eigenvalue weighted by atomic mass is 9.85. The van der Waals surface area contributed by atoms with Crippen molar-refractivity contribution in [2.24, 2.45) is 11.8 Å². The second-order valence-electron chi connectivity index (χ2n) is 8.36. The SMILES string of the molecule is O=C(CCN1C(=O)[C@H]2CC=CC[C@@H]2C1=O)NCCN1C(=O)S/C(=C\c2ccc(OC(F)F)cc2)C1=O. The third-order valence-electron chi connectivity index (χ3n) is 6.10. The first-order valence-electron chi connectivity index (χ1n) is 11.3. The normalized spacial score (nSPS) is 22.7. The summed E-state index contributed by atoms with van der Waals surface area (Å²) in [5, 5.41) is 2.11. The van der Waals surface area contributed by atoms with E-state index < -0.39 is 23.7 Å². The number of benzene rings is 1. The Morgan fingerprint density at radius 2 is 1.67 bits per heavy atom. The van der Waals surface area contributed by atoms with Crippen molar-refractivity contribution in [2.75, 3.05) is 19.6 Å². The molecule has 1 aromatic carbocycles. The summed E-state index contributed by atoms with van der Waals surface area (Å²) >= 11 is 0.735. The number of alkyl halides is 2. The predicted octanol–water partition coefficient (Wildman–Crippen LogP) is 2.78. The van der Waals surface area contributed by atoms with Crippen molar-refractivity contribution in [1.29, 1.82) is 0 Å². The second kappa shape index (κ2) is 11.0. The zero-order valence-corrected chi connectivity index (χ0v) is 19.8. The first kappa shape index (κ1) is 25.5. The molecule has 0 saturated carbocycles. The van der Waals surface area contributed by atoms with E-state index in [1.165, 1.54) is 30.3 Å². The molecule has 2 aliphatic heterocycles. The van der Waals surface area contributed by atoms with Crippen LogP contribution in [0.3, 0.4) is 0 Å². The third kappa shape index (κ3) is 5.64. The number of halogens is 2. The van der Waals surface area contributed by atoms with Gasteiger partial charge in [-0.3, -0.25) is 33.8 Å². The van der Waals surface area contributed by atoms with Crippen molar-refractivity contribution >= 4 is 46.7 Å². The van der Waals surface area contributed by atoms with Crippen LogP contribution in [0.25, 0.3) is 6.08 Å². The highest BCUT2D eigenvalue weighted by Gasteiger charge is 2.46. The number of imide groups is 2. The van der Waals surface area contributed by atoms with Gasteiger partial charge < -0.3 is 10.1 Å². The van der Waals surface area contributed by atoms with Crippen LogP contribution in [0, 0.1) is 11.8 Å². The minimum atomic E-state index is -2.94. The van der Waals surface area contributed by atoms with E-state index in [4.69, 9.17) is 0 Å². The topological polar surface area (TPSA) is 113 Å². The summed E-state index contributed by atoms with van der Waals surface area (Å²) in [6.45, 7) is -2.99. The number of carbonyl (C=O) groups excluding carboxylic acids is 5. The van der Waals surface area contributed by atoms with Crippen molar-refractivity contribution in [3.05, 3.63) is 46.9 Å². The molecule has 12 heteroatoms. The van der Waals surface area contributed by atoms with Gasteiger partial charge in [-0.05, 0) is 48.4 Å². The molecule has 0 bridgehead atoms.